The zero-order valence-electron chi connectivity index (χ0n) is 8.06. The molecular formula is C10H6F4O2. The van der Waals surface area contributed by atoms with E-state index in [0.29, 0.717) is 12.1 Å². The molecule has 0 saturated carbocycles. The molecule has 0 N–H and O–H groups in total. The molecule has 1 rings (SSSR count). The average Bonchev–Trinajstić information content (AvgIpc) is 2.15. The van der Waals surface area contributed by atoms with E-state index in [4.69, 9.17) is 0 Å². The van der Waals surface area contributed by atoms with Crippen LogP contribution in [0.4, 0.5) is 17.6 Å². The van der Waals surface area contributed by atoms with Gasteiger partial charge in [-0.15, -0.1) is 0 Å². The lowest BCUT2D eigenvalue weighted by Crippen LogP contribution is -2.13. The van der Waals surface area contributed by atoms with E-state index < -0.39 is 34.5 Å². The molecule has 0 atom stereocenters. The summed E-state index contributed by atoms with van der Waals surface area (Å²) in [6.07, 6.45) is -5.07. The molecule has 1 aromatic rings. The van der Waals surface area contributed by atoms with Crippen LogP contribution in [0.1, 0.15) is 33.2 Å². The number of hydrogen-bond acceptors (Lipinski definition) is 2. The van der Waals surface area contributed by atoms with Gasteiger partial charge in [0.15, 0.2) is 12.1 Å². The van der Waals surface area contributed by atoms with Gasteiger partial charge in [0.2, 0.25) is 0 Å². The fourth-order valence-electron chi connectivity index (χ4n) is 1.23. The minimum absolute atomic E-state index is 0.245. The zero-order chi connectivity index (χ0) is 12.5. The van der Waals surface area contributed by atoms with E-state index in [0.717, 1.165) is 6.92 Å². The highest BCUT2D eigenvalue weighted by molar-refractivity contribution is 5.96. The Balaban J connectivity index is 3.53. The quantitative estimate of drug-likeness (QED) is 0.448. The van der Waals surface area contributed by atoms with Gasteiger partial charge in [0, 0.05) is 0 Å². The summed E-state index contributed by atoms with van der Waals surface area (Å²) in [6, 6.07) is 1.23. The molecule has 0 unspecified atom stereocenters. The SMILES string of the molecule is CC(=O)c1ccc(C(F)(F)F)c(C=O)c1F. The Kier molecular flexibility index (Phi) is 3.11. The van der Waals surface area contributed by atoms with Crippen LogP contribution in [0.15, 0.2) is 12.1 Å². The van der Waals surface area contributed by atoms with Crippen molar-refractivity contribution in [1.29, 1.82) is 0 Å². The first-order valence-electron chi connectivity index (χ1n) is 4.15. The summed E-state index contributed by atoms with van der Waals surface area (Å²) < 4.78 is 50.4. The van der Waals surface area contributed by atoms with Gasteiger partial charge in [-0.25, -0.2) is 4.39 Å². The molecule has 0 aliphatic carbocycles. The van der Waals surface area contributed by atoms with Gasteiger partial charge >= 0.3 is 6.18 Å². The fourth-order valence-corrected chi connectivity index (χ4v) is 1.23. The van der Waals surface area contributed by atoms with E-state index in [1.807, 2.05) is 0 Å². The lowest BCUT2D eigenvalue weighted by Gasteiger charge is -2.11. The molecular weight excluding hydrogens is 228 g/mol. The normalized spacial score (nSPS) is 11.3. The van der Waals surface area contributed by atoms with Crippen molar-refractivity contribution in [3.63, 3.8) is 0 Å². The number of carbonyl (C=O) groups excluding carboxylic acids is 2. The van der Waals surface area contributed by atoms with Crippen LogP contribution in [0.2, 0.25) is 0 Å². The standard InChI is InChI=1S/C10H6F4O2/c1-5(16)6-2-3-8(10(12,13)14)7(4-15)9(6)11/h2-4H,1H3. The van der Waals surface area contributed by atoms with Crippen molar-refractivity contribution < 1.29 is 27.2 Å². The van der Waals surface area contributed by atoms with Crippen LogP contribution >= 0.6 is 0 Å². The largest absolute Gasteiger partial charge is 0.417 e. The van der Waals surface area contributed by atoms with Crippen molar-refractivity contribution in [2.24, 2.45) is 0 Å². The Morgan fingerprint density at radius 3 is 2.25 bits per heavy atom. The smallest absolute Gasteiger partial charge is 0.298 e. The molecule has 16 heavy (non-hydrogen) atoms. The van der Waals surface area contributed by atoms with Gasteiger partial charge in [-0.05, 0) is 19.1 Å². The summed E-state index contributed by atoms with van der Waals surface area (Å²) in [7, 11) is 0. The van der Waals surface area contributed by atoms with Crippen LogP contribution in [0.5, 0.6) is 0 Å². The number of carbonyl (C=O) groups is 2. The molecule has 0 aromatic heterocycles. The number of halogens is 4. The van der Waals surface area contributed by atoms with E-state index in [1.165, 1.54) is 0 Å². The van der Waals surface area contributed by atoms with Crippen LogP contribution in [0.3, 0.4) is 0 Å². The molecule has 0 fully saturated rings. The van der Waals surface area contributed by atoms with E-state index in [2.05, 4.69) is 0 Å². The summed E-state index contributed by atoms with van der Waals surface area (Å²) in [5.41, 5.74) is -3.06. The summed E-state index contributed by atoms with van der Waals surface area (Å²) in [5, 5.41) is 0. The third kappa shape index (κ3) is 2.10. The molecule has 86 valence electrons. The Hall–Kier alpha value is -1.72. The summed E-state index contributed by atoms with van der Waals surface area (Å²) >= 11 is 0. The molecule has 0 amide bonds. The van der Waals surface area contributed by atoms with Crippen molar-refractivity contribution in [2.45, 2.75) is 13.1 Å². The fraction of sp³-hybridized carbons (Fsp3) is 0.200. The molecule has 2 nitrogen and oxygen atoms in total. The molecule has 1 aromatic carbocycles. The number of benzene rings is 1. The molecule has 0 saturated heterocycles. The molecule has 0 aliphatic rings. The highest BCUT2D eigenvalue weighted by Gasteiger charge is 2.35. The lowest BCUT2D eigenvalue weighted by molar-refractivity contribution is -0.138. The minimum atomic E-state index is -4.83. The number of aldehydes is 1. The van der Waals surface area contributed by atoms with Gasteiger partial charge in [-0.2, -0.15) is 13.2 Å². The Labute approximate surface area is 87.9 Å². The molecule has 0 radical (unpaired) electrons. The number of Topliss-reactive ketones (excluding diaryl/α,β-unsaturated/α-hetero) is 1. The van der Waals surface area contributed by atoms with Crippen LogP contribution in [-0.2, 0) is 6.18 Å². The van der Waals surface area contributed by atoms with Crippen LogP contribution < -0.4 is 0 Å². The monoisotopic (exact) mass is 234 g/mol. The predicted molar refractivity (Wildman–Crippen MR) is 46.8 cm³/mol. The second kappa shape index (κ2) is 4.03. The van der Waals surface area contributed by atoms with Crippen molar-refractivity contribution in [3.8, 4) is 0 Å². The second-order valence-electron chi connectivity index (χ2n) is 3.06. The van der Waals surface area contributed by atoms with Gasteiger partial charge < -0.3 is 0 Å². The van der Waals surface area contributed by atoms with Crippen LogP contribution in [0, 0.1) is 5.82 Å². The summed E-state index contributed by atoms with van der Waals surface area (Å²) in [6.45, 7) is 1.00. The Morgan fingerprint density at radius 1 is 1.31 bits per heavy atom. The molecule has 0 aliphatic heterocycles. The van der Waals surface area contributed by atoms with Crippen molar-refractivity contribution in [1.82, 2.24) is 0 Å². The van der Waals surface area contributed by atoms with Crippen LogP contribution in [0.25, 0.3) is 0 Å². The first kappa shape index (κ1) is 12.4. The first-order chi connectivity index (χ1) is 7.29. The lowest BCUT2D eigenvalue weighted by atomic mass is 10.0. The maximum absolute atomic E-state index is 13.4. The Morgan fingerprint density at radius 2 is 1.88 bits per heavy atom. The molecule has 0 bridgehead atoms. The number of alkyl halides is 3. The first-order valence-corrected chi connectivity index (χ1v) is 4.15. The molecule has 0 spiro atoms. The maximum atomic E-state index is 13.4. The topological polar surface area (TPSA) is 34.1 Å². The van der Waals surface area contributed by atoms with Crippen LogP contribution in [-0.4, -0.2) is 12.1 Å². The van der Waals surface area contributed by atoms with Gasteiger partial charge in [0.05, 0.1) is 16.7 Å². The maximum Gasteiger partial charge on any atom is 0.417 e. The van der Waals surface area contributed by atoms with Gasteiger partial charge in [-0.3, -0.25) is 9.59 Å². The third-order valence-electron chi connectivity index (χ3n) is 1.98. The number of hydrogen-bond donors (Lipinski definition) is 0. The van der Waals surface area contributed by atoms with E-state index >= 15 is 0 Å². The average molecular weight is 234 g/mol. The number of rotatable bonds is 2. The predicted octanol–water partition coefficient (Wildman–Crippen LogP) is 2.86. The zero-order valence-corrected chi connectivity index (χ0v) is 8.06. The van der Waals surface area contributed by atoms with Gasteiger partial charge in [0.1, 0.15) is 5.82 Å². The Bertz CT molecular complexity index is 449. The molecule has 0 heterocycles. The van der Waals surface area contributed by atoms with E-state index in [9.17, 15) is 27.2 Å². The molecule has 6 heteroatoms. The second-order valence-corrected chi connectivity index (χ2v) is 3.06. The highest BCUT2D eigenvalue weighted by Crippen LogP contribution is 2.33. The van der Waals surface area contributed by atoms with Crippen molar-refractivity contribution >= 4 is 12.1 Å². The summed E-state index contributed by atoms with van der Waals surface area (Å²) in [5.74, 6) is -2.17. The van der Waals surface area contributed by atoms with Gasteiger partial charge in [-0.1, -0.05) is 0 Å². The van der Waals surface area contributed by atoms with E-state index in [1.54, 1.807) is 0 Å². The highest BCUT2D eigenvalue weighted by atomic mass is 19.4. The third-order valence-corrected chi connectivity index (χ3v) is 1.98. The number of ketones is 1. The van der Waals surface area contributed by atoms with Gasteiger partial charge in [0.25, 0.3) is 0 Å². The summed E-state index contributed by atoms with van der Waals surface area (Å²) in [4.78, 5) is 21.3. The van der Waals surface area contributed by atoms with Crippen molar-refractivity contribution in [2.75, 3.05) is 0 Å². The van der Waals surface area contributed by atoms with Crippen molar-refractivity contribution in [3.05, 3.63) is 34.6 Å². The van der Waals surface area contributed by atoms with E-state index in [-0.39, 0.29) is 6.29 Å². The minimum Gasteiger partial charge on any atom is -0.298 e.